The predicted molar refractivity (Wildman–Crippen MR) is 89.7 cm³/mol. The molecule has 0 saturated heterocycles. The van der Waals surface area contributed by atoms with Crippen LogP contribution in [0.2, 0.25) is 5.02 Å². The van der Waals surface area contributed by atoms with Crippen molar-refractivity contribution in [3.05, 3.63) is 56.6 Å². The molecular formula is C15H13ClINO2. The lowest BCUT2D eigenvalue weighted by atomic mass is 10.2. The van der Waals surface area contributed by atoms with Gasteiger partial charge in [-0.1, -0.05) is 11.6 Å². The minimum Gasteiger partial charge on any atom is -0.492 e. The average Bonchev–Trinajstić information content (AvgIpc) is 2.42. The van der Waals surface area contributed by atoms with Crippen molar-refractivity contribution in [1.29, 1.82) is 0 Å². The van der Waals surface area contributed by atoms with Crippen molar-refractivity contribution in [2.75, 3.05) is 11.9 Å². The standard InChI is InChI=1S/C15H13ClINO2/c1-2-20-14-8-5-11(16)9-13(14)18-15(19)10-3-6-12(17)7-4-10/h3-9H,2H2,1H3,(H,18,19). The van der Waals surface area contributed by atoms with E-state index in [4.69, 9.17) is 16.3 Å². The maximum Gasteiger partial charge on any atom is 0.255 e. The van der Waals surface area contributed by atoms with Gasteiger partial charge >= 0.3 is 0 Å². The van der Waals surface area contributed by atoms with Gasteiger partial charge in [-0.3, -0.25) is 4.79 Å². The van der Waals surface area contributed by atoms with Crippen LogP contribution in [0.1, 0.15) is 17.3 Å². The molecule has 0 atom stereocenters. The van der Waals surface area contributed by atoms with Gasteiger partial charge in [-0.05, 0) is 72.0 Å². The van der Waals surface area contributed by atoms with E-state index in [-0.39, 0.29) is 5.91 Å². The highest BCUT2D eigenvalue weighted by molar-refractivity contribution is 14.1. The summed E-state index contributed by atoms with van der Waals surface area (Å²) in [5.41, 5.74) is 1.16. The molecule has 1 amide bonds. The number of rotatable bonds is 4. The first-order valence-corrected chi connectivity index (χ1v) is 7.55. The summed E-state index contributed by atoms with van der Waals surface area (Å²) in [6.45, 7) is 2.41. The second-order valence-electron chi connectivity index (χ2n) is 4.03. The first-order valence-electron chi connectivity index (χ1n) is 6.09. The lowest BCUT2D eigenvalue weighted by Crippen LogP contribution is -2.13. The van der Waals surface area contributed by atoms with Gasteiger partial charge in [0.2, 0.25) is 0 Å². The van der Waals surface area contributed by atoms with Gasteiger partial charge in [0.1, 0.15) is 5.75 Å². The molecule has 0 spiro atoms. The molecule has 0 saturated carbocycles. The summed E-state index contributed by atoms with van der Waals surface area (Å²) in [4.78, 5) is 12.2. The van der Waals surface area contributed by atoms with Crippen molar-refractivity contribution in [2.45, 2.75) is 6.92 Å². The van der Waals surface area contributed by atoms with Crippen LogP contribution in [0.4, 0.5) is 5.69 Å². The Balaban J connectivity index is 2.22. The highest BCUT2D eigenvalue weighted by atomic mass is 127. The van der Waals surface area contributed by atoms with Crippen LogP contribution < -0.4 is 10.1 Å². The van der Waals surface area contributed by atoms with Crippen molar-refractivity contribution in [3.63, 3.8) is 0 Å². The Morgan fingerprint density at radius 3 is 2.60 bits per heavy atom. The van der Waals surface area contributed by atoms with E-state index in [0.29, 0.717) is 28.6 Å². The van der Waals surface area contributed by atoms with E-state index < -0.39 is 0 Å². The number of amides is 1. The quantitative estimate of drug-likeness (QED) is 0.761. The van der Waals surface area contributed by atoms with Crippen LogP contribution in [-0.2, 0) is 0 Å². The van der Waals surface area contributed by atoms with Gasteiger partial charge in [0, 0.05) is 14.2 Å². The molecule has 0 aliphatic rings. The first kappa shape index (κ1) is 15.1. The number of carbonyl (C=O) groups excluding carboxylic acids is 1. The molecular weight excluding hydrogens is 389 g/mol. The van der Waals surface area contributed by atoms with Crippen molar-refractivity contribution >= 4 is 45.8 Å². The molecule has 2 aromatic rings. The Bertz CT molecular complexity index is 614. The van der Waals surface area contributed by atoms with Crippen LogP contribution in [0, 0.1) is 3.57 Å². The zero-order valence-corrected chi connectivity index (χ0v) is 13.7. The topological polar surface area (TPSA) is 38.3 Å². The Kier molecular flexibility index (Phi) is 5.25. The van der Waals surface area contributed by atoms with E-state index in [1.807, 2.05) is 19.1 Å². The smallest absolute Gasteiger partial charge is 0.255 e. The van der Waals surface area contributed by atoms with Crippen LogP contribution in [0.5, 0.6) is 5.75 Å². The predicted octanol–water partition coefficient (Wildman–Crippen LogP) is 4.60. The highest BCUT2D eigenvalue weighted by Gasteiger charge is 2.10. The molecule has 0 aromatic heterocycles. The van der Waals surface area contributed by atoms with Crippen molar-refractivity contribution in [2.24, 2.45) is 0 Å². The first-order chi connectivity index (χ1) is 9.60. The maximum absolute atomic E-state index is 12.2. The number of benzene rings is 2. The monoisotopic (exact) mass is 401 g/mol. The van der Waals surface area contributed by atoms with Gasteiger partial charge in [0.25, 0.3) is 5.91 Å². The lowest BCUT2D eigenvalue weighted by molar-refractivity contribution is 0.102. The van der Waals surface area contributed by atoms with Gasteiger partial charge in [0.05, 0.1) is 12.3 Å². The Morgan fingerprint density at radius 1 is 1.25 bits per heavy atom. The molecule has 1 N–H and O–H groups in total. The second kappa shape index (κ2) is 6.95. The van der Waals surface area contributed by atoms with E-state index in [1.54, 1.807) is 30.3 Å². The minimum atomic E-state index is -0.190. The van der Waals surface area contributed by atoms with Crippen molar-refractivity contribution in [1.82, 2.24) is 0 Å². The molecule has 0 aliphatic carbocycles. The van der Waals surface area contributed by atoms with Gasteiger partial charge in [-0.15, -0.1) is 0 Å². The van der Waals surface area contributed by atoms with Crippen LogP contribution in [0.3, 0.4) is 0 Å². The fourth-order valence-electron chi connectivity index (χ4n) is 1.68. The number of nitrogens with one attached hydrogen (secondary N) is 1. The van der Waals surface area contributed by atoms with E-state index in [2.05, 4.69) is 27.9 Å². The number of carbonyl (C=O) groups is 1. The molecule has 0 heterocycles. The fourth-order valence-corrected chi connectivity index (χ4v) is 2.21. The van der Waals surface area contributed by atoms with Gasteiger partial charge in [-0.2, -0.15) is 0 Å². The zero-order chi connectivity index (χ0) is 14.5. The molecule has 104 valence electrons. The molecule has 2 rings (SSSR count). The summed E-state index contributed by atoms with van der Waals surface area (Å²) >= 11 is 8.15. The Morgan fingerprint density at radius 2 is 1.95 bits per heavy atom. The molecule has 3 nitrogen and oxygen atoms in total. The van der Waals surface area contributed by atoms with Crippen molar-refractivity contribution in [3.8, 4) is 5.75 Å². The van der Waals surface area contributed by atoms with Crippen LogP contribution in [-0.4, -0.2) is 12.5 Å². The summed E-state index contributed by atoms with van der Waals surface area (Å²) in [6.07, 6.45) is 0. The number of hydrogen-bond donors (Lipinski definition) is 1. The van der Waals surface area contributed by atoms with E-state index in [1.165, 1.54) is 0 Å². The van der Waals surface area contributed by atoms with E-state index in [0.717, 1.165) is 3.57 Å². The van der Waals surface area contributed by atoms with Crippen LogP contribution in [0.25, 0.3) is 0 Å². The molecule has 0 radical (unpaired) electrons. The average molecular weight is 402 g/mol. The number of anilines is 1. The van der Waals surface area contributed by atoms with Gasteiger partial charge in [0.15, 0.2) is 0 Å². The minimum absolute atomic E-state index is 0.190. The van der Waals surface area contributed by atoms with Gasteiger partial charge in [-0.25, -0.2) is 0 Å². The molecule has 0 aliphatic heterocycles. The Hall–Kier alpha value is -1.27. The van der Waals surface area contributed by atoms with Crippen LogP contribution >= 0.6 is 34.2 Å². The third-order valence-corrected chi connectivity index (χ3v) is 3.55. The summed E-state index contributed by atoms with van der Waals surface area (Å²) in [7, 11) is 0. The number of hydrogen-bond acceptors (Lipinski definition) is 2. The van der Waals surface area contributed by atoms with E-state index >= 15 is 0 Å². The fraction of sp³-hybridized carbons (Fsp3) is 0.133. The molecule has 20 heavy (non-hydrogen) atoms. The maximum atomic E-state index is 12.2. The molecule has 0 fully saturated rings. The number of halogens is 2. The molecule has 2 aromatic carbocycles. The summed E-state index contributed by atoms with van der Waals surface area (Å²) in [6, 6.07) is 12.5. The van der Waals surface area contributed by atoms with E-state index in [9.17, 15) is 4.79 Å². The molecule has 5 heteroatoms. The Labute approximate surface area is 136 Å². The second-order valence-corrected chi connectivity index (χ2v) is 5.72. The number of ether oxygens (including phenoxy) is 1. The SMILES string of the molecule is CCOc1ccc(Cl)cc1NC(=O)c1ccc(I)cc1. The normalized spacial score (nSPS) is 10.2. The highest BCUT2D eigenvalue weighted by Crippen LogP contribution is 2.28. The largest absolute Gasteiger partial charge is 0.492 e. The van der Waals surface area contributed by atoms with Gasteiger partial charge < -0.3 is 10.1 Å². The van der Waals surface area contributed by atoms with Crippen LogP contribution in [0.15, 0.2) is 42.5 Å². The summed E-state index contributed by atoms with van der Waals surface area (Å²) in [5.74, 6) is 0.417. The zero-order valence-electron chi connectivity index (χ0n) is 10.8. The molecule has 0 unspecified atom stereocenters. The molecule has 0 bridgehead atoms. The third-order valence-electron chi connectivity index (χ3n) is 2.60. The third kappa shape index (κ3) is 3.86. The lowest BCUT2D eigenvalue weighted by Gasteiger charge is -2.12. The summed E-state index contributed by atoms with van der Waals surface area (Å²) in [5, 5.41) is 3.37. The summed E-state index contributed by atoms with van der Waals surface area (Å²) < 4.78 is 6.55. The van der Waals surface area contributed by atoms with Crippen molar-refractivity contribution < 1.29 is 9.53 Å².